The van der Waals surface area contributed by atoms with Crippen molar-refractivity contribution >= 4 is 17.6 Å². The van der Waals surface area contributed by atoms with E-state index in [0.717, 1.165) is 0 Å². The van der Waals surface area contributed by atoms with E-state index in [1.807, 2.05) is 13.8 Å². The number of benzene rings is 1. The van der Waals surface area contributed by atoms with Crippen molar-refractivity contribution in [1.29, 1.82) is 0 Å². The molecule has 0 saturated heterocycles. The van der Waals surface area contributed by atoms with Crippen LogP contribution in [-0.4, -0.2) is 23.7 Å². The van der Waals surface area contributed by atoms with E-state index in [9.17, 15) is 14.7 Å². The minimum atomic E-state index is -1.13. The first-order chi connectivity index (χ1) is 12.8. The van der Waals surface area contributed by atoms with Gasteiger partial charge in [-0.3, -0.25) is 4.79 Å². The number of carboxylic acid groups (broad SMARTS) is 1. The Kier molecular flexibility index (Phi) is 6.76. The molecular weight excluding hydrogens is 348 g/mol. The minimum Gasteiger partial charge on any atom is -0.550 e. The summed E-state index contributed by atoms with van der Waals surface area (Å²) >= 11 is 0. The van der Waals surface area contributed by atoms with Gasteiger partial charge in [-0.2, -0.15) is 5.10 Å². The molecule has 0 aliphatic carbocycles. The summed E-state index contributed by atoms with van der Waals surface area (Å²) in [5, 5.41) is 14.7. The van der Waals surface area contributed by atoms with Crippen molar-refractivity contribution < 1.29 is 23.8 Å². The van der Waals surface area contributed by atoms with E-state index < -0.39 is 5.97 Å². The Morgan fingerprint density at radius 1 is 1.26 bits per heavy atom. The first kappa shape index (κ1) is 20.2. The van der Waals surface area contributed by atoms with E-state index in [1.54, 1.807) is 44.2 Å². The van der Waals surface area contributed by atoms with Crippen LogP contribution in [0, 0.1) is 6.92 Å². The molecule has 7 nitrogen and oxygen atoms in total. The molecule has 0 bridgehead atoms. The molecule has 0 saturated carbocycles. The van der Waals surface area contributed by atoms with E-state index in [4.69, 9.17) is 9.15 Å². The number of carbonyl (C=O) groups is 2. The molecule has 7 heteroatoms. The van der Waals surface area contributed by atoms with Crippen LogP contribution >= 0.6 is 0 Å². The monoisotopic (exact) mass is 371 g/mol. The predicted octanol–water partition coefficient (Wildman–Crippen LogP) is 2.21. The van der Waals surface area contributed by atoms with Crippen molar-refractivity contribution in [2.45, 2.75) is 46.6 Å². The fourth-order valence-corrected chi connectivity index (χ4v) is 2.47. The van der Waals surface area contributed by atoms with Crippen molar-refractivity contribution in [2.24, 2.45) is 5.10 Å². The topological polar surface area (TPSA) is 104 Å². The zero-order valence-corrected chi connectivity index (χ0v) is 15.9. The van der Waals surface area contributed by atoms with Crippen LogP contribution in [0.3, 0.4) is 0 Å². The van der Waals surface area contributed by atoms with Crippen LogP contribution in [0.1, 0.15) is 54.6 Å². The molecule has 1 aromatic heterocycles. The average Bonchev–Trinajstić information content (AvgIpc) is 2.98. The largest absolute Gasteiger partial charge is 0.550 e. The van der Waals surface area contributed by atoms with Crippen LogP contribution < -0.4 is 15.3 Å². The van der Waals surface area contributed by atoms with Crippen molar-refractivity contribution in [3.05, 3.63) is 53.0 Å². The fraction of sp³-hybridized carbons (Fsp3) is 0.350. The minimum absolute atomic E-state index is 0.0618. The average molecular weight is 371 g/mol. The van der Waals surface area contributed by atoms with E-state index in [1.165, 1.54) is 0 Å². The van der Waals surface area contributed by atoms with Gasteiger partial charge in [-0.05, 0) is 64.4 Å². The highest BCUT2D eigenvalue weighted by Crippen LogP contribution is 2.17. The number of aryl methyl sites for hydroxylation is 2. The zero-order chi connectivity index (χ0) is 20.0. The number of carbonyl (C=O) groups excluding carboxylic acids is 2. The van der Waals surface area contributed by atoms with Gasteiger partial charge in [-0.1, -0.05) is 0 Å². The molecule has 0 atom stereocenters. The summed E-state index contributed by atoms with van der Waals surface area (Å²) in [7, 11) is 0. The molecule has 1 amide bonds. The second-order valence-electron chi connectivity index (χ2n) is 6.38. The Hall–Kier alpha value is -3.09. The number of hydrogen-bond donors (Lipinski definition) is 1. The molecule has 144 valence electrons. The lowest BCUT2D eigenvalue weighted by molar-refractivity contribution is -0.305. The van der Waals surface area contributed by atoms with Gasteiger partial charge in [0.05, 0.1) is 11.8 Å². The number of amides is 1. The van der Waals surface area contributed by atoms with Gasteiger partial charge in [0.1, 0.15) is 17.3 Å². The number of aliphatic carboxylic acids is 1. The normalized spacial score (nSPS) is 11.5. The number of rotatable bonds is 8. The fourth-order valence-electron chi connectivity index (χ4n) is 2.47. The van der Waals surface area contributed by atoms with Crippen LogP contribution in [0.15, 0.2) is 39.9 Å². The van der Waals surface area contributed by atoms with E-state index in [0.29, 0.717) is 34.1 Å². The highest BCUT2D eigenvalue weighted by molar-refractivity contribution is 6.01. The first-order valence-corrected chi connectivity index (χ1v) is 8.67. The third-order valence-corrected chi connectivity index (χ3v) is 3.75. The predicted molar refractivity (Wildman–Crippen MR) is 98.7 cm³/mol. The number of furan rings is 1. The number of carboxylic acids is 1. The van der Waals surface area contributed by atoms with Crippen molar-refractivity contribution in [3.8, 4) is 5.75 Å². The van der Waals surface area contributed by atoms with Gasteiger partial charge in [0, 0.05) is 23.5 Å². The van der Waals surface area contributed by atoms with Crippen LogP contribution in [0.25, 0.3) is 0 Å². The van der Waals surface area contributed by atoms with Gasteiger partial charge < -0.3 is 19.1 Å². The number of nitrogens with one attached hydrogen (secondary N) is 1. The number of ether oxygens (including phenoxy) is 1. The molecule has 1 N–H and O–H groups in total. The van der Waals surface area contributed by atoms with Crippen molar-refractivity contribution in [3.63, 3.8) is 0 Å². The molecular formula is C20H23N2O5-. The molecule has 0 unspecified atom stereocenters. The lowest BCUT2D eigenvalue weighted by Crippen LogP contribution is -2.22. The van der Waals surface area contributed by atoms with Crippen LogP contribution in [-0.2, 0) is 11.2 Å². The third kappa shape index (κ3) is 5.99. The summed E-state index contributed by atoms with van der Waals surface area (Å²) in [5.74, 6) is 0.360. The van der Waals surface area contributed by atoms with Gasteiger partial charge >= 0.3 is 0 Å². The molecule has 0 aliphatic rings. The second kappa shape index (κ2) is 9.02. The van der Waals surface area contributed by atoms with E-state index in [-0.39, 0.29) is 24.9 Å². The van der Waals surface area contributed by atoms with E-state index >= 15 is 0 Å². The maximum atomic E-state index is 12.2. The quantitative estimate of drug-likeness (QED) is 0.566. The van der Waals surface area contributed by atoms with Crippen LogP contribution in [0.2, 0.25) is 0 Å². The van der Waals surface area contributed by atoms with Gasteiger partial charge in [0.2, 0.25) is 0 Å². The first-order valence-electron chi connectivity index (χ1n) is 8.67. The second-order valence-corrected chi connectivity index (χ2v) is 6.38. The molecule has 27 heavy (non-hydrogen) atoms. The van der Waals surface area contributed by atoms with Gasteiger partial charge in [0.25, 0.3) is 5.91 Å². The Labute approximate surface area is 158 Å². The molecule has 2 aromatic rings. The molecule has 2 rings (SSSR count). The SMILES string of the molecule is C/C(=N/NC(=O)c1ccc(OC(C)C)cc1)c1cc(CCC(=O)[O-])oc1C. The zero-order valence-electron chi connectivity index (χ0n) is 15.9. The van der Waals surface area contributed by atoms with Crippen LogP contribution in [0.5, 0.6) is 5.75 Å². The Morgan fingerprint density at radius 3 is 2.52 bits per heavy atom. The highest BCUT2D eigenvalue weighted by Gasteiger charge is 2.11. The molecule has 0 fully saturated rings. The molecule has 0 aliphatic heterocycles. The summed E-state index contributed by atoms with van der Waals surface area (Å²) in [6.45, 7) is 7.35. The smallest absolute Gasteiger partial charge is 0.271 e. The Balaban J connectivity index is 2.02. The van der Waals surface area contributed by atoms with Crippen LogP contribution in [0.4, 0.5) is 0 Å². The van der Waals surface area contributed by atoms with Gasteiger partial charge in [-0.15, -0.1) is 0 Å². The van der Waals surface area contributed by atoms with Crippen molar-refractivity contribution in [1.82, 2.24) is 5.43 Å². The summed E-state index contributed by atoms with van der Waals surface area (Å²) in [6.07, 6.45) is 0.190. The number of hydrogen-bond acceptors (Lipinski definition) is 6. The summed E-state index contributed by atoms with van der Waals surface area (Å²) in [5.41, 5.74) is 4.24. The molecule has 1 heterocycles. The number of nitrogens with zero attached hydrogens (tertiary/aromatic N) is 1. The number of hydrazone groups is 1. The van der Waals surface area contributed by atoms with Gasteiger partial charge in [-0.25, -0.2) is 5.43 Å². The third-order valence-electron chi connectivity index (χ3n) is 3.75. The van der Waals surface area contributed by atoms with E-state index in [2.05, 4.69) is 10.5 Å². The molecule has 0 spiro atoms. The maximum absolute atomic E-state index is 12.2. The Bertz CT molecular complexity index is 835. The summed E-state index contributed by atoms with van der Waals surface area (Å²) in [6, 6.07) is 8.52. The van der Waals surface area contributed by atoms with Crippen molar-refractivity contribution in [2.75, 3.05) is 0 Å². The maximum Gasteiger partial charge on any atom is 0.271 e. The summed E-state index contributed by atoms with van der Waals surface area (Å²) in [4.78, 5) is 22.8. The molecule has 1 aromatic carbocycles. The lowest BCUT2D eigenvalue weighted by Gasteiger charge is -2.09. The standard InChI is InChI=1S/C20H24N2O5/c1-12(2)26-16-7-5-15(6-8-16)20(25)22-21-13(3)18-11-17(27-14(18)4)9-10-19(23)24/h5-8,11-12H,9-10H2,1-4H3,(H,22,25)(H,23,24)/p-1/b21-13-. The van der Waals surface area contributed by atoms with Gasteiger partial charge in [0.15, 0.2) is 0 Å². The molecule has 0 radical (unpaired) electrons. The summed E-state index contributed by atoms with van der Waals surface area (Å²) < 4.78 is 11.1. The Morgan fingerprint density at radius 2 is 1.93 bits per heavy atom. The highest BCUT2D eigenvalue weighted by atomic mass is 16.5. The lowest BCUT2D eigenvalue weighted by atomic mass is 10.1.